The summed E-state index contributed by atoms with van der Waals surface area (Å²) in [5.74, 6) is 1.82. The van der Waals surface area contributed by atoms with Gasteiger partial charge in [0.25, 0.3) is 0 Å². The molecule has 16 heavy (non-hydrogen) atoms. The number of likely N-dealkylation sites (tertiary alicyclic amines) is 1. The largest absolute Gasteiger partial charge is 0.314 e. The van der Waals surface area contributed by atoms with Crippen LogP contribution < -0.4 is 5.32 Å². The summed E-state index contributed by atoms with van der Waals surface area (Å²) in [5, 5.41) is 3.64. The summed E-state index contributed by atoms with van der Waals surface area (Å²) in [6, 6.07) is 1.51. The van der Waals surface area contributed by atoms with Crippen molar-refractivity contribution < 1.29 is 0 Å². The molecule has 0 radical (unpaired) electrons. The Kier molecular flexibility index (Phi) is 4.26. The summed E-state index contributed by atoms with van der Waals surface area (Å²) in [6.07, 6.45) is 5.77. The van der Waals surface area contributed by atoms with Crippen molar-refractivity contribution in [2.24, 2.45) is 11.8 Å². The minimum absolute atomic E-state index is 0.748. The maximum absolute atomic E-state index is 3.64. The zero-order chi connectivity index (χ0) is 11.5. The Morgan fingerprint density at radius 1 is 1.19 bits per heavy atom. The predicted octanol–water partition coefficient (Wildman–Crippen LogP) is 2.49. The van der Waals surface area contributed by atoms with Crippen molar-refractivity contribution >= 4 is 0 Å². The number of nitrogens with one attached hydrogen (secondary N) is 1. The lowest BCUT2D eigenvalue weighted by molar-refractivity contribution is 0.0569. The summed E-state index contributed by atoms with van der Waals surface area (Å²) in [6.45, 7) is 10.9. The molecule has 0 bridgehead atoms. The van der Waals surface area contributed by atoms with Crippen molar-refractivity contribution in [3.05, 3.63) is 0 Å². The SMILES string of the molecule is CCNC1CCN(CC2CCC2)C(C)C1C. The highest BCUT2D eigenvalue weighted by molar-refractivity contribution is 4.89. The molecule has 3 atom stereocenters. The number of piperidine rings is 1. The van der Waals surface area contributed by atoms with Gasteiger partial charge in [0.2, 0.25) is 0 Å². The Labute approximate surface area is 101 Å². The molecule has 3 unspecified atom stereocenters. The van der Waals surface area contributed by atoms with Crippen LogP contribution in [0.4, 0.5) is 0 Å². The summed E-state index contributed by atoms with van der Waals surface area (Å²) in [7, 11) is 0. The van der Waals surface area contributed by atoms with Gasteiger partial charge >= 0.3 is 0 Å². The number of hydrogen-bond donors (Lipinski definition) is 1. The molecule has 0 aromatic carbocycles. The predicted molar refractivity (Wildman–Crippen MR) is 69.6 cm³/mol. The van der Waals surface area contributed by atoms with Gasteiger partial charge in [-0.15, -0.1) is 0 Å². The average Bonchev–Trinajstić information content (AvgIpc) is 2.21. The lowest BCUT2D eigenvalue weighted by atomic mass is 9.82. The van der Waals surface area contributed by atoms with Crippen molar-refractivity contribution in [2.75, 3.05) is 19.6 Å². The van der Waals surface area contributed by atoms with E-state index in [2.05, 4.69) is 31.0 Å². The third-order valence-corrected chi connectivity index (χ3v) is 4.88. The van der Waals surface area contributed by atoms with E-state index in [-0.39, 0.29) is 0 Å². The third-order valence-electron chi connectivity index (χ3n) is 4.88. The number of rotatable bonds is 4. The highest BCUT2D eigenvalue weighted by Gasteiger charge is 2.33. The summed E-state index contributed by atoms with van der Waals surface area (Å²) in [4.78, 5) is 2.74. The second-order valence-corrected chi connectivity index (χ2v) is 5.84. The molecule has 94 valence electrons. The fraction of sp³-hybridized carbons (Fsp3) is 1.00. The molecule has 2 nitrogen and oxygen atoms in total. The standard InChI is InChI=1S/C14H28N2/c1-4-15-14-8-9-16(12(3)11(14)2)10-13-6-5-7-13/h11-15H,4-10H2,1-3H3. The molecular formula is C14H28N2. The van der Waals surface area contributed by atoms with Crippen molar-refractivity contribution in [1.29, 1.82) is 0 Å². The van der Waals surface area contributed by atoms with Crippen LogP contribution in [0.3, 0.4) is 0 Å². The van der Waals surface area contributed by atoms with Gasteiger partial charge < -0.3 is 10.2 Å². The van der Waals surface area contributed by atoms with E-state index in [1.165, 1.54) is 38.8 Å². The molecule has 0 amide bonds. The van der Waals surface area contributed by atoms with Crippen LogP contribution in [0, 0.1) is 11.8 Å². The smallest absolute Gasteiger partial charge is 0.0120 e. The lowest BCUT2D eigenvalue weighted by Gasteiger charge is -2.45. The summed E-state index contributed by atoms with van der Waals surface area (Å²) < 4.78 is 0. The second kappa shape index (κ2) is 5.50. The van der Waals surface area contributed by atoms with Gasteiger partial charge in [0.1, 0.15) is 0 Å². The van der Waals surface area contributed by atoms with Crippen LogP contribution in [-0.2, 0) is 0 Å². The first-order valence-corrected chi connectivity index (χ1v) is 7.19. The van der Waals surface area contributed by atoms with Crippen molar-refractivity contribution in [1.82, 2.24) is 10.2 Å². The van der Waals surface area contributed by atoms with Crippen molar-refractivity contribution in [3.63, 3.8) is 0 Å². The third kappa shape index (κ3) is 2.60. The van der Waals surface area contributed by atoms with E-state index in [1.54, 1.807) is 0 Å². The van der Waals surface area contributed by atoms with Gasteiger partial charge in [-0.25, -0.2) is 0 Å². The van der Waals surface area contributed by atoms with E-state index in [4.69, 9.17) is 0 Å². The first-order valence-electron chi connectivity index (χ1n) is 7.19. The Balaban J connectivity index is 1.83. The van der Waals surface area contributed by atoms with Gasteiger partial charge in [-0.05, 0) is 51.1 Å². The normalized spacial score (nSPS) is 37.3. The fourth-order valence-corrected chi connectivity index (χ4v) is 3.25. The van der Waals surface area contributed by atoms with Crippen LogP contribution in [0.2, 0.25) is 0 Å². The van der Waals surface area contributed by atoms with E-state index >= 15 is 0 Å². The molecule has 1 aliphatic carbocycles. The Morgan fingerprint density at radius 2 is 1.94 bits per heavy atom. The van der Waals surface area contributed by atoms with E-state index < -0.39 is 0 Å². The van der Waals surface area contributed by atoms with E-state index in [9.17, 15) is 0 Å². The first-order chi connectivity index (χ1) is 7.72. The molecule has 2 heteroatoms. The van der Waals surface area contributed by atoms with Crippen LogP contribution in [0.5, 0.6) is 0 Å². The molecule has 2 rings (SSSR count). The quantitative estimate of drug-likeness (QED) is 0.789. The molecule has 1 aliphatic heterocycles. The van der Waals surface area contributed by atoms with Gasteiger partial charge in [-0.2, -0.15) is 0 Å². The van der Waals surface area contributed by atoms with Crippen LogP contribution in [0.1, 0.15) is 46.5 Å². The van der Waals surface area contributed by atoms with Gasteiger partial charge in [0.15, 0.2) is 0 Å². The zero-order valence-corrected chi connectivity index (χ0v) is 11.2. The maximum atomic E-state index is 3.64. The van der Waals surface area contributed by atoms with Crippen molar-refractivity contribution in [2.45, 2.75) is 58.5 Å². The monoisotopic (exact) mass is 224 g/mol. The van der Waals surface area contributed by atoms with Crippen LogP contribution >= 0.6 is 0 Å². The first kappa shape index (κ1) is 12.4. The van der Waals surface area contributed by atoms with E-state index in [0.29, 0.717) is 0 Å². The van der Waals surface area contributed by atoms with E-state index in [0.717, 1.165) is 30.5 Å². The molecule has 1 heterocycles. The molecule has 1 saturated heterocycles. The van der Waals surface area contributed by atoms with Crippen LogP contribution in [0.25, 0.3) is 0 Å². The molecule has 0 spiro atoms. The molecule has 1 saturated carbocycles. The zero-order valence-electron chi connectivity index (χ0n) is 11.2. The minimum atomic E-state index is 0.748. The second-order valence-electron chi connectivity index (χ2n) is 5.84. The summed E-state index contributed by atoms with van der Waals surface area (Å²) >= 11 is 0. The number of nitrogens with zero attached hydrogens (tertiary/aromatic N) is 1. The topological polar surface area (TPSA) is 15.3 Å². The van der Waals surface area contributed by atoms with Crippen LogP contribution in [0.15, 0.2) is 0 Å². The van der Waals surface area contributed by atoms with Gasteiger partial charge in [-0.1, -0.05) is 20.3 Å². The Bertz CT molecular complexity index is 213. The van der Waals surface area contributed by atoms with Crippen molar-refractivity contribution in [3.8, 4) is 0 Å². The molecule has 0 aromatic rings. The highest BCUT2D eigenvalue weighted by Crippen LogP contribution is 2.31. The lowest BCUT2D eigenvalue weighted by Crippen LogP contribution is -2.54. The highest BCUT2D eigenvalue weighted by atomic mass is 15.2. The van der Waals surface area contributed by atoms with Gasteiger partial charge in [-0.3, -0.25) is 0 Å². The molecule has 2 fully saturated rings. The minimum Gasteiger partial charge on any atom is -0.314 e. The van der Waals surface area contributed by atoms with Crippen LogP contribution in [-0.4, -0.2) is 36.6 Å². The molecule has 2 aliphatic rings. The van der Waals surface area contributed by atoms with Gasteiger partial charge in [0, 0.05) is 18.6 Å². The van der Waals surface area contributed by atoms with E-state index in [1.807, 2.05) is 0 Å². The Morgan fingerprint density at radius 3 is 2.50 bits per heavy atom. The average molecular weight is 224 g/mol. The number of hydrogen-bond acceptors (Lipinski definition) is 2. The fourth-order valence-electron chi connectivity index (χ4n) is 3.25. The molecule has 1 N–H and O–H groups in total. The summed E-state index contributed by atoms with van der Waals surface area (Å²) in [5.41, 5.74) is 0. The molecular weight excluding hydrogens is 196 g/mol. The maximum Gasteiger partial charge on any atom is 0.0120 e. The molecule has 0 aromatic heterocycles. The van der Waals surface area contributed by atoms with Gasteiger partial charge in [0.05, 0.1) is 0 Å². The Hall–Kier alpha value is -0.0800.